The topological polar surface area (TPSA) is 0 Å². The Morgan fingerprint density at radius 1 is 1.25 bits per heavy atom. The van der Waals surface area contributed by atoms with Crippen LogP contribution in [0.15, 0.2) is 18.2 Å². The number of benzene rings is 1. The number of halogens is 5. The van der Waals surface area contributed by atoms with E-state index in [1.807, 2.05) is 0 Å². The van der Waals surface area contributed by atoms with Gasteiger partial charge in [-0.25, -0.2) is 8.78 Å². The van der Waals surface area contributed by atoms with Crippen LogP contribution < -0.4 is 0 Å². The van der Waals surface area contributed by atoms with Crippen molar-refractivity contribution in [3.63, 3.8) is 0 Å². The van der Waals surface area contributed by atoms with Gasteiger partial charge in [0.15, 0.2) is 3.24 Å². The Balaban J connectivity index is 3.19. The highest BCUT2D eigenvalue weighted by Crippen LogP contribution is 2.41. The van der Waals surface area contributed by atoms with Gasteiger partial charge in [0, 0.05) is 11.6 Å². The van der Waals surface area contributed by atoms with E-state index in [-0.39, 0.29) is 5.56 Å². The molecule has 0 fully saturated rings. The molecule has 0 spiro atoms. The minimum Gasteiger partial charge on any atom is -0.207 e. The number of alkyl halides is 3. The van der Waals surface area contributed by atoms with Crippen LogP contribution in [-0.4, -0.2) is 0 Å². The van der Waals surface area contributed by atoms with Crippen molar-refractivity contribution in [1.29, 1.82) is 0 Å². The minimum absolute atomic E-state index is 0.00719. The summed E-state index contributed by atoms with van der Waals surface area (Å²) in [5, 5.41) is 0. The zero-order valence-corrected chi connectivity index (χ0v) is 8.72. The van der Waals surface area contributed by atoms with Crippen molar-refractivity contribution in [3.05, 3.63) is 35.4 Å². The average Bonchev–Trinajstić information content (AvgIpc) is 1.83. The second kappa shape index (κ2) is 3.48. The molecule has 0 radical (unpaired) electrons. The van der Waals surface area contributed by atoms with E-state index in [1.165, 1.54) is 6.07 Å². The average molecular weight is 276 g/mol. The molecule has 66 valence electrons. The van der Waals surface area contributed by atoms with Crippen molar-refractivity contribution < 1.29 is 8.78 Å². The van der Waals surface area contributed by atoms with Crippen LogP contribution in [0, 0.1) is 11.6 Å². The number of hydrogen-bond donors (Lipinski definition) is 0. The predicted molar refractivity (Wildman–Crippen MR) is 48.7 cm³/mol. The van der Waals surface area contributed by atoms with E-state index in [1.54, 1.807) is 0 Å². The van der Waals surface area contributed by atoms with Crippen LogP contribution in [-0.2, 0) is 3.24 Å². The molecule has 0 unspecified atom stereocenters. The van der Waals surface area contributed by atoms with Crippen LogP contribution in [0.4, 0.5) is 8.78 Å². The molecule has 0 atom stereocenters. The van der Waals surface area contributed by atoms with E-state index in [0.29, 0.717) is 0 Å². The van der Waals surface area contributed by atoms with Crippen LogP contribution >= 0.6 is 39.1 Å². The van der Waals surface area contributed by atoms with Crippen LogP contribution in [0.3, 0.4) is 0 Å². The zero-order valence-electron chi connectivity index (χ0n) is 5.62. The summed E-state index contributed by atoms with van der Waals surface area (Å²) in [5.74, 6) is -1.45. The molecular formula is C7H3BrCl2F2. The van der Waals surface area contributed by atoms with Gasteiger partial charge in [0.05, 0.1) is 0 Å². The number of hydrogen-bond acceptors (Lipinski definition) is 0. The molecule has 0 bridgehead atoms. The molecule has 1 aromatic carbocycles. The van der Waals surface area contributed by atoms with E-state index in [0.717, 1.165) is 12.1 Å². The first-order valence-corrected chi connectivity index (χ1v) is 4.48. The van der Waals surface area contributed by atoms with Gasteiger partial charge in [-0.3, -0.25) is 0 Å². The maximum atomic E-state index is 12.9. The molecule has 0 saturated carbocycles. The van der Waals surface area contributed by atoms with Crippen molar-refractivity contribution in [1.82, 2.24) is 0 Å². The zero-order chi connectivity index (χ0) is 9.35. The Morgan fingerprint density at radius 3 is 2.25 bits per heavy atom. The molecule has 1 rings (SSSR count). The summed E-state index contributed by atoms with van der Waals surface area (Å²) in [6, 6.07) is 2.98. The van der Waals surface area contributed by atoms with Gasteiger partial charge in [-0.15, -0.1) is 0 Å². The quantitative estimate of drug-likeness (QED) is 0.681. The predicted octanol–water partition coefficient (Wildman–Crippen LogP) is 3.95. The molecule has 0 amide bonds. The van der Waals surface area contributed by atoms with Crippen molar-refractivity contribution in [2.45, 2.75) is 3.24 Å². The molecule has 0 aromatic heterocycles. The fraction of sp³-hybridized carbons (Fsp3) is 0.143. The summed E-state index contributed by atoms with van der Waals surface area (Å²) in [5.41, 5.74) is -0.00719. The Kier molecular flexibility index (Phi) is 2.97. The highest BCUT2D eigenvalue weighted by molar-refractivity contribution is 9.10. The molecule has 5 heteroatoms. The summed E-state index contributed by atoms with van der Waals surface area (Å²) >= 11 is 13.9. The van der Waals surface area contributed by atoms with Gasteiger partial charge >= 0.3 is 0 Å². The summed E-state index contributed by atoms with van der Waals surface area (Å²) in [6.07, 6.45) is 0. The third-order valence-electron chi connectivity index (χ3n) is 1.24. The van der Waals surface area contributed by atoms with Crippen molar-refractivity contribution >= 4 is 39.1 Å². The lowest BCUT2D eigenvalue weighted by atomic mass is 10.2. The molecule has 12 heavy (non-hydrogen) atoms. The van der Waals surface area contributed by atoms with Gasteiger partial charge in [0.1, 0.15) is 11.6 Å². The van der Waals surface area contributed by atoms with Gasteiger partial charge in [0.2, 0.25) is 0 Å². The largest absolute Gasteiger partial charge is 0.207 e. The van der Waals surface area contributed by atoms with Gasteiger partial charge in [0.25, 0.3) is 0 Å². The maximum Gasteiger partial charge on any atom is 0.199 e. The van der Waals surface area contributed by atoms with Crippen LogP contribution in [0.5, 0.6) is 0 Å². The van der Waals surface area contributed by atoms with E-state index in [2.05, 4.69) is 15.9 Å². The first-order valence-electron chi connectivity index (χ1n) is 2.93. The third kappa shape index (κ3) is 2.31. The Bertz CT molecular complexity index is 296. The van der Waals surface area contributed by atoms with Gasteiger partial charge in [-0.2, -0.15) is 0 Å². The van der Waals surface area contributed by atoms with Crippen molar-refractivity contribution in [3.8, 4) is 0 Å². The van der Waals surface area contributed by atoms with Crippen LogP contribution in [0.1, 0.15) is 5.56 Å². The molecular weight excluding hydrogens is 273 g/mol. The minimum atomic E-state index is -1.51. The molecule has 1 aromatic rings. The highest BCUT2D eigenvalue weighted by Gasteiger charge is 2.25. The Morgan fingerprint density at radius 2 is 1.83 bits per heavy atom. The molecule has 0 N–H and O–H groups in total. The molecule has 0 heterocycles. The maximum absolute atomic E-state index is 12.9. The standard InChI is InChI=1S/C7H3BrCl2F2/c8-7(9,10)5-2-1-4(11)3-6(5)12/h1-3H. The molecule has 0 aliphatic heterocycles. The van der Waals surface area contributed by atoms with Crippen LogP contribution in [0.2, 0.25) is 0 Å². The molecule has 0 aliphatic carbocycles. The van der Waals surface area contributed by atoms with Crippen molar-refractivity contribution in [2.75, 3.05) is 0 Å². The second-order valence-corrected chi connectivity index (χ2v) is 5.55. The van der Waals surface area contributed by atoms with Crippen LogP contribution in [0.25, 0.3) is 0 Å². The molecule has 0 nitrogen and oxygen atoms in total. The Labute approximate surface area is 86.6 Å². The lowest BCUT2D eigenvalue weighted by Crippen LogP contribution is -2.03. The summed E-state index contributed by atoms with van der Waals surface area (Å²) in [7, 11) is 0. The fourth-order valence-electron chi connectivity index (χ4n) is 0.719. The van der Waals surface area contributed by atoms with Crippen molar-refractivity contribution in [2.24, 2.45) is 0 Å². The first-order chi connectivity index (χ1) is 5.41. The van der Waals surface area contributed by atoms with E-state index in [4.69, 9.17) is 23.2 Å². The number of rotatable bonds is 1. The smallest absolute Gasteiger partial charge is 0.199 e. The van der Waals surface area contributed by atoms with Gasteiger partial charge in [-0.1, -0.05) is 23.2 Å². The SMILES string of the molecule is Fc1ccc(C(Cl)(Cl)Br)c(F)c1. The second-order valence-electron chi connectivity index (χ2n) is 2.12. The van der Waals surface area contributed by atoms with E-state index >= 15 is 0 Å². The first kappa shape index (κ1) is 10.2. The molecule has 0 saturated heterocycles. The molecule has 0 aliphatic rings. The normalized spacial score (nSPS) is 11.8. The lowest BCUT2D eigenvalue weighted by molar-refractivity contribution is 0.575. The third-order valence-corrected chi connectivity index (χ3v) is 2.07. The summed E-state index contributed by atoms with van der Waals surface area (Å²) in [6.45, 7) is 0. The highest BCUT2D eigenvalue weighted by atomic mass is 79.9. The van der Waals surface area contributed by atoms with E-state index < -0.39 is 14.9 Å². The summed E-state index contributed by atoms with van der Waals surface area (Å²) < 4.78 is 23.8. The van der Waals surface area contributed by atoms with E-state index in [9.17, 15) is 8.78 Å². The summed E-state index contributed by atoms with van der Waals surface area (Å²) in [4.78, 5) is 0. The van der Waals surface area contributed by atoms with Gasteiger partial charge < -0.3 is 0 Å². The van der Waals surface area contributed by atoms with Gasteiger partial charge in [-0.05, 0) is 28.1 Å². The fourth-order valence-corrected chi connectivity index (χ4v) is 1.35. The lowest BCUT2D eigenvalue weighted by Gasteiger charge is -2.11. The monoisotopic (exact) mass is 274 g/mol. The Hall–Kier alpha value is 0.140.